The Morgan fingerprint density at radius 2 is 2.03 bits per heavy atom. The van der Waals surface area contributed by atoms with Crippen molar-refractivity contribution >= 4 is 17.5 Å². The lowest BCUT2D eigenvalue weighted by Crippen LogP contribution is -2.28. The number of nitrogens with zero attached hydrogens (tertiary/aromatic N) is 4. The van der Waals surface area contributed by atoms with Gasteiger partial charge in [-0.1, -0.05) is 17.3 Å². The molecule has 0 fully saturated rings. The molecule has 0 unspecified atom stereocenters. The number of anilines is 1. The maximum atomic E-state index is 12.2. The fourth-order valence-electron chi connectivity index (χ4n) is 2.68. The van der Waals surface area contributed by atoms with Gasteiger partial charge in [-0.2, -0.15) is 10.1 Å². The van der Waals surface area contributed by atoms with Crippen molar-refractivity contribution in [2.24, 2.45) is 0 Å². The van der Waals surface area contributed by atoms with Gasteiger partial charge in [-0.3, -0.25) is 14.3 Å². The Morgan fingerprint density at radius 3 is 2.76 bits per heavy atom. The maximum absolute atomic E-state index is 12.2. The molecule has 0 saturated carbocycles. The summed E-state index contributed by atoms with van der Waals surface area (Å²) in [6.45, 7) is 6.18. The molecule has 0 aliphatic rings. The van der Waals surface area contributed by atoms with E-state index in [2.05, 4.69) is 25.9 Å². The predicted octanol–water partition coefficient (Wildman–Crippen LogP) is 1.85. The van der Waals surface area contributed by atoms with Gasteiger partial charge in [0.1, 0.15) is 5.75 Å². The minimum atomic E-state index is -0.469. The van der Waals surface area contributed by atoms with Gasteiger partial charge in [0.25, 0.3) is 0 Å². The van der Waals surface area contributed by atoms with Crippen LogP contribution in [0.3, 0.4) is 0 Å². The van der Waals surface area contributed by atoms with E-state index in [1.165, 1.54) is 6.92 Å². The van der Waals surface area contributed by atoms with E-state index in [-0.39, 0.29) is 24.2 Å². The molecule has 3 rings (SSSR count). The fraction of sp³-hybridized carbons (Fsp3) is 0.316. The van der Waals surface area contributed by atoms with Crippen LogP contribution in [0.15, 0.2) is 34.9 Å². The number of amides is 2. The number of carbonyl (C=O) groups excluding carboxylic acids is 2. The van der Waals surface area contributed by atoms with Crippen LogP contribution in [0.5, 0.6) is 5.75 Å². The Kier molecular flexibility index (Phi) is 6.22. The monoisotopic (exact) mass is 398 g/mol. The Balaban J connectivity index is 1.52. The Hall–Kier alpha value is -3.69. The molecule has 0 saturated heterocycles. The van der Waals surface area contributed by atoms with Crippen LogP contribution in [0.1, 0.15) is 34.8 Å². The third kappa shape index (κ3) is 5.41. The van der Waals surface area contributed by atoms with Gasteiger partial charge in [-0.15, -0.1) is 0 Å². The van der Waals surface area contributed by atoms with Gasteiger partial charge in [-0.25, -0.2) is 0 Å². The Bertz CT molecular complexity index is 1010. The first-order chi connectivity index (χ1) is 13.9. The summed E-state index contributed by atoms with van der Waals surface area (Å²) in [7, 11) is 0. The second kappa shape index (κ2) is 9.00. The van der Waals surface area contributed by atoms with Gasteiger partial charge in [0.15, 0.2) is 6.61 Å². The zero-order chi connectivity index (χ0) is 20.8. The number of benzene rings is 1. The van der Waals surface area contributed by atoms with Gasteiger partial charge < -0.3 is 19.9 Å². The molecule has 0 aliphatic carbocycles. The van der Waals surface area contributed by atoms with Gasteiger partial charge in [-0.05, 0) is 32.0 Å². The molecular formula is C19H22N6O4. The summed E-state index contributed by atoms with van der Waals surface area (Å²) >= 11 is 0. The van der Waals surface area contributed by atoms with Crippen molar-refractivity contribution in [3.8, 4) is 5.75 Å². The second-order valence-corrected chi connectivity index (χ2v) is 6.39. The molecule has 0 radical (unpaired) electrons. The minimum Gasteiger partial charge on any atom is -0.483 e. The first kappa shape index (κ1) is 20.1. The molecule has 3 aromatic rings. The van der Waals surface area contributed by atoms with Crippen molar-refractivity contribution in [1.82, 2.24) is 25.2 Å². The van der Waals surface area contributed by atoms with E-state index >= 15 is 0 Å². The molecular weight excluding hydrogens is 376 g/mol. The van der Waals surface area contributed by atoms with E-state index in [1.807, 2.05) is 24.6 Å². The number of carbonyl (C=O) groups is 2. The van der Waals surface area contributed by atoms with E-state index in [4.69, 9.17) is 9.26 Å². The average molecular weight is 398 g/mol. The number of nitrogens with one attached hydrogen (secondary N) is 2. The molecule has 2 N–H and O–H groups in total. The van der Waals surface area contributed by atoms with E-state index in [0.717, 1.165) is 11.4 Å². The van der Waals surface area contributed by atoms with Crippen molar-refractivity contribution in [2.45, 2.75) is 33.9 Å². The van der Waals surface area contributed by atoms with Crippen LogP contribution in [0.25, 0.3) is 0 Å². The molecule has 0 spiro atoms. The van der Waals surface area contributed by atoms with Crippen LogP contribution >= 0.6 is 0 Å². The summed E-state index contributed by atoms with van der Waals surface area (Å²) in [6, 6.07) is 8.95. The second-order valence-electron chi connectivity index (χ2n) is 6.39. The molecule has 2 heterocycles. The molecule has 0 atom stereocenters. The van der Waals surface area contributed by atoms with E-state index < -0.39 is 5.91 Å². The topological polar surface area (TPSA) is 124 Å². The Labute approximate surface area is 167 Å². The first-order valence-electron chi connectivity index (χ1n) is 9.03. The smallest absolute Gasteiger partial charge is 0.316 e. The van der Waals surface area contributed by atoms with Crippen molar-refractivity contribution in [3.05, 3.63) is 53.4 Å². The van der Waals surface area contributed by atoms with Gasteiger partial charge in [0.05, 0.1) is 17.9 Å². The van der Waals surface area contributed by atoms with Crippen LogP contribution in [0.2, 0.25) is 0 Å². The molecule has 152 valence electrons. The van der Waals surface area contributed by atoms with E-state index in [0.29, 0.717) is 24.5 Å². The van der Waals surface area contributed by atoms with Gasteiger partial charge in [0.2, 0.25) is 11.7 Å². The zero-order valence-electron chi connectivity index (χ0n) is 16.4. The predicted molar refractivity (Wildman–Crippen MR) is 103 cm³/mol. The molecule has 0 aliphatic heterocycles. The lowest BCUT2D eigenvalue weighted by molar-refractivity contribution is -0.114. The first-order valence-corrected chi connectivity index (χ1v) is 9.03. The molecule has 0 bridgehead atoms. The summed E-state index contributed by atoms with van der Waals surface area (Å²) in [5.74, 6) is -0.147. The fourth-order valence-corrected chi connectivity index (χ4v) is 2.68. The molecule has 10 heteroatoms. The zero-order valence-corrected chi connectivity index (χ0v) is 16.4. The van der Waals surface area contributed by atoms with Crippen LogP contribution in [-0.2, 0) is 17.9 Å². The van der Waals surface area contributed by atoms with Crippen LogP contribution in [-0.4, -0.2) is 38.3 Å². The third-order valence-corrected chi connectivity index (χ3v) is 3.93. The lowest BCUT2D eigenvalue weighted by atomic mass is 10.3. The highest BCUT2D eigenvalue weighted by Gasteiger charge is 2.16. The molecule has 2 amide bonds. The standard InChI is InChI=1S/C19H22N6O4/c1-12-10-13(2)25(23-12)9-8-20-18(27)19-22-17(24-29-19)11-28-16-7-5-4-6-15(16)21-14(3)26/h4-7,10H,8-9,11H2,1-3H3,(H,20,27)(H,21,26). The quantitative estimate of drug-likeness (QED) is 0.593. The summed E-state index contributed by atoms with van der Waals surface area (Å²) in [4.78, 5) is 27.5. The van der Waals surface area contributed by atoms with Crippen molar-refractivity contribution < 1.29 is 18.8 Å². The highest BCUT2D eigenvalue weighted by molar-refractivity contribution is 5.90. The minimum absolute atomic E-state index is 0.0147. The SMILES string of the molecule is CC(=O)Nc1ccccc1OCc1noc(C(=O)NCCn2nc(C)cc2C)n1. The summed E-state index contributed by atoms with van der Waals surface area (Å²) in [5, 5.41) is 13.5. The normalized spacial score (nSPS) is 10.6. The van der Waals surface area contributed by atoms with E-state index in [9.17, 15) is 9.59 Å². The molecule has 10 nitrogen and oxygen atoms in total. The highest BCUT2D eigenvalue weighted by Crippen LogP contribution is 2.24. The van der Waals surface area contributed by atoms with Gasteiger partial charge >= 0.3 is 11.8 Å². The van der Waals surface area contributed by atoms with Gasteiger partial charge in [0, 0.05) is 19.2 Å². The summed E-state index contributed by atoms with van der Waals surface area (Å²) in [5.41, 5.74) is 2.48. The number of rotatable bonds is 8. The van der Waals surface area contributed by atoms with Crippen LogP contribution in [0.4, 0.5) is 5.69 Å². The van der Waals surface area contributed by atoms with Crippen molar-refractivity contribution in [1.29, 1.82) is 0 Å². The number of aryl methyl sites for hydroxylation is 2. The maximum Gasteiger partial charge on any atom is 0.316 e. The largest absolute Gasteiger partial charge is 0.483 e. The summed E-state index contributed by atoms with van der Waals surface area (Å²) < 4.78 is 12.4. The van der Waals surface area contributed by atoms with Crippen LogP contribution in [0, 0.1) is 13.8 Å². The lowest BCUT2D eigenvalue weighted by Gasteiger charge is -2.09. The van der Waals surface area contributed by atoms with Crippen molar-refractivity contribution in [2.75, 3.05) is 11.9 Å². The highest BCUT2D eigenvalue weighted by atomic mass is 16.5. The van der Waals surface area contributed by atoms with E-state index in [1.54, 1.807) is 24.3 Å². The number of hydrogen-bond donors (Lipinski definition) is 2. The van der Waals surface area contributed by atoms with Crippen LogP contribution < -0.4 is 15.4 Å². The Morgan fingerprint density at radius 1 is 1.24 bits per heavy atom. The molecule has 1 aromatic carbocycles. The number of ether oxygens (including phenoxy) is 1. The number of para-hydroxylation sites is 2. The average Bonchev–Trinajstić information content (AvgIpc) is 3.27. The number of hydrogen-bond acceptors (Lipinski definition) is 7. The molecule has 29 heavy (non-hydrogen) atoms. The number of aromatic nitrogens is 4. The summed E-state index contributed by atoms with van der Waals surface area (Å²) in [6.07, 6.45) is 0. The van der Waals surface area contributed by atoms with Crippen molar-refractivity contribution in [3.63, 3.8) is 0 Å². The molecule has 2 aromatic heterocycles. The third-order valence-electron chi connectivity index (χ3n) is 3.93.